The Morgan fingerprint density at radius 1 is 0.923 bits per heavy atom. The van der Waals surface area contributed by atoms with Crippen molar-refractivity contribution >= 4 is 5.65 Å². The van der Waals surface area contributed by atoms with Gasteiger partial charge in [-0.1, -0.05) is 36.4 Å². The number of ether oxygens (including phenoxy) is 3. The number of para-hydroxylation sites is 3. The Bertz CT molecular complexity index is 1800. The van der Waals surface area contributed by atoms with Gasteiger partial charge in [0.05, 0.1) is 35.5 Å². The Morgan fingerprint density at radius 3 is 2.54 bits per heavy atom. The fourth-order valence-corrected chi connectivity index (χ4v) is 4.99. The van der Waals surface area contributed by atoms with Crippen LogP contribution in [0.5, 0.6) is 23.3 Å². The summed E-state index contributed by atoms with van der Waals surface area (Å²) in [5.74, 6) is 2.57. The highest BCUT2D eigenvalue weighted by Crippen LogP contribution is 2.49. The van der Waals surface area contributed by atoms with E-state index in [2.05, 4.69) is 15.1 Å². The third kappa shape index (κ3) is 3.84. The summed E-state index contributed by atoms with van der Waals surface area (Å²) in [6.07, 6.45) is 5.22. The van der Waals surface area contributed by atoms with Crippen molar-refractivity contribution in [3.8, 4) is 28.9 Å². The second-order valence-corrected chi connectivity index (χ2v) is 9.07. The lowest BCUT2D eigenvalue weighted by Gasteiger charge is -2.26. The summed E-state index contributed by atoms with van der Waals surface area (Å²) in [5, 5.41) is 9.49. The van der Waals surface area contributed by atoms with E-state index in [1.54, 1.807) is 24.1 Å². The van der Waals surface area contributed by atoms with E-state index in [0.29, 0.717) is 34.7 Å². The van der Waals surface area contributed by atoms with Gasteiger partial charge in [-0.25, -0.2) is 19.2 Å². The number of fused-ring (bicyclic) bond motifs is 4. The summed E-state index contributed by atoms with van der Waals surface area (Å²) >= 11 is 0. The standard InChI is InChI=1S/C29H23N7O3/c1-18-24-25(19-9-8-14-30-15-19)26-27-32-23(16-38-22-13-7-6-12-21(22)37-2)34-35(27)17-31-28(26)39-29(24)36(33-18)20-10-4-3-5-11-20/h3-15,17,25H,16H2,1-2H3/t25-/m0/s1. The van der Waals surface area contributed by atoms with Crippen LogP contribution < -0.4 is 14.2 Å². The van der Waals surface area contributed by atoms with Gasteiger partial charge in [0.2, 0.25) is 11.8 Å². The smallest absolute Gasteiger partial charge is 0.230 e. The lowest BCUT2D eigenvalue weighted by atomic mass is 9.85. The number of aryl methyl sites for hydroxylation is 1. The Labute approximate surface area is 223 Å². The third-order valence-corrected chi connectivity index (χ3v) is 6.71. The predicted molar refractivity (Wildman–Crippen MR) is 142 cm³/mol. The molecule has 4 aromatic heterocycles. The first-order chi connectivity index (χ1) is 19.2. The molecule has 1 aliphatic heterocycles. The monoisotopic (exact) mass is 517 g/mol. The Kier molecular flexibility index (Phi) is 5.43. The van der Waals surface area contributed by atoms with Crippen LogP contribution in [0.4, 0.5) is 0 Å². The quantitative estimate of drug-likeness (QED) is 0.307. The van der Waals surface area contributed by atoms with E-state index in [1.165, 1.54) is 0 Å². The molecule has 0 N–H and O–H groups in total. The molecular weight excluding hydrogens is 494 g/mol. The molecule has 1 aliphatic rings. The highest BCUT2D eigenvalue weighted by atomic mass is 16.5. The zero-order valence-corrected chi connectivity index (χ0v) is 21.2. The van der Waals surface area contributed by atoms with Crippen LogP contribution >= 0.6 is 0 Å². The average Bonchev–Trinajstić information content (AvgIpc) is 3.56. The van der Waals surface area contributed by atoms with Crippen molar-refractivity contribution in [2.24, 2.45) is 0 Å². The molecule has 1 atom stereocenters. The van der Waals surface area contributed by atoms with E-state index in [1.807, 2.05) is 84.5 Å². The van der Waals surface area contributed by atoms with Gasteiger partial charge in [0.1, 0.15) is 12.9 Å². The minimum Gasteiger partial charge on any atom is -0.493 e. The molecule has 2 aromatic carbocycles. The molecule has 0 aliphatic carbocycles. The normalized spacial score (nSPS) is 13.9. The number of methoxy groups -OCH3 is 1. The first-order valence-corrected chi connectivity index (χ1v) is 12.4. The van der Waals surface area contributed by atoms with Gasteiger partial charge in [0.25, 0.3) is 0 Å². The van der Waals surface area contributed by atoms with Gasteiger partial charge in [-0.3, -0.25) is 4.98 Å². The van der Waals surface area contributed by atoms with Crippen LogP contribution in [0.3, 0.4) is 0 Å². The summed E-state index contributed by atoms with van der Waals surface area (Å²) in [4.78, 5) is 13.9. The third-order valence-electron chi connectivity index (χ3n) is 6.71. The van der Waals surface area contributed by atoms with Gasteiger partial charge in [-0.05, 0) is 42.8 Å². The molecule has 192 valence electrons. The number of benzene rings is 2. The fraction of sp³-hybridized carbons (Fsp3) is 0.138. The molecule has 0 fully saturated rings. The number of pyridine rings is 1. The van der Waals surface area contributed by atoms with Crippen molar-refractivity contribution in [1.29, 1.82) is 0 Å². The van der Waals surface area contributed by atoms with Crippen molar-refractivity contribution in [1.82, 2.24) is 34.3 Å². The van der Waals surface area contributed by atoms with Crippen LogP contribution in [0.2, 0.25) is 0 Å². The second kappa shape index (κ2) is 9.25. The molecule has 39 heavy (non-hydrogen) atoms. The van der Waals surface area contributed by atoms with Gasteiger partial charge in [-0.15, -0.1) is 5.10 Å². The number of hydrogen-bond donors (Lipinski definition) is 0. The maximum atomic E-state index is 6.45. The van der Waals surface area contributed by atoms with E-state index in [0.717, 1.165) is 28.1 Å². The first kappa shape index (κ1) is 22.9. The lowest BCUT2D eigenvalue weighted by molar-refractivity contribution is 0.276. The zero-order chi connectivity index (χ0) is 26.3. The molecule has 7 rings (SSSR count). The van der Waals surface area contributed by atoms with E-state index < -0.39 is 0 Å². The van der Waals surface area contributed by atoms with Gasteiger partial charge in [0, 0.05) is 12.4 Å². The molecule has 0 unspecified atom stereocenters. The van der Waals surface area contributed by atoms with Crippen molar-refractivity contribution in [3.63, 3.8) is 0 Å². The van der Waals surface area contributed by atoms with Gasteiger partial charge in [-0.2, -0.15) is 5.10 Å². The summed E-state index contributed by atoms with van der Waals surface area (Å²) < 4.78 is 21.3. The summed E-state index contributed by atoms with van der Waals surface area (Å²) in [6, 6.07) is 21.3. The average molecular weight is 518 g/mol. The van der Waals surface area contributed by atoms with E-state index in [9.17, 15) is 0 Å². The van der Waals surface area contributed by atoms with Crippen molar-refractivity contribution < 1.29 is 14.2 Å². The highest BCUT2D eigenvalue weighted by Gasteiger charge is 2.38. The highest BCUT2D eigenvalue weighted by molar-refractivity contribution is 5.66. The summed E-state index contributed by atoms with van der Waals surface area (Å²) in [6.45, 7) is 2.14. The van der Waals surface area contributed by atoms with E-state index in [-0.39, 0.29) is 12.5 Å². The number of hydrogen-bond acceptors (Lipinski definition) is 8. The van der Waals surface area contributed by atoms with Crippen LogP contribution in [0.1, 0.15) is 34.1 Å². The Balaban J connectivity index is 1.35. The van der Waals surface area contributed by atoms with E-state index >= 15 is 0 Å². The van der Waals surface area contributed by atoms with Gasteiger partial charge < -0.3 is 14.2 Å². The zero-order valence-electron chi connectivity index (χ0n) is 21.2. The van der Waals surface area contributed by atoms with Crippen molar-refractivity contribution in [2.75, 3.05) is 7.11 Å². The second-order valence-electron chi connectivity index (χ2n) is 9.07. The molecule has 0 radical (unpaired) electrons. The molecule has 6 aromatic rings. The van der Waals surface area contributed by atoms with Crippen LogP contribution in [0.15, 0.2) is 85.5 Å². The summed E-state index contributed by atoms with van der Waals surface area (Å²) in [7, 11) is 1.61. The molecule has 0 amide bonds. The van der Waals surface area contributed by atoms with Crippen LogP contribution in [0.25, 0.3) is 11.3 Å². The topological polar surface area (TPSA) is 101 Å². The largest absolute Gasteiger partial charge is 0.493 e. The van der Waals surface area contributed by atoms with Crippen molar-refractivity contribution in [3.05, 3.63) is 114 Å². The molecule has 10 nitrogen and oxygen atoms in total. The van der Waals surface area contributed by atoms with Crippen LogP contribution in [0, 0.1) is 6.92 Å². The molecular formula is C29H23N7O3. The summed E-state index contributed by atoms with van der Waals surface area (Å²) in [5.41, 5.74) is 5.08. The minimum atomic E-state index is -0.265. The van der Waals surface area contributed by atoms with Gasteiger partial charge >= 0.3 is 0 Å². The molecule has 5 heterocycles. The maximum Gasteiger partial charge on any atom is 0.230 e. The lowest BCUT2D eigenvalue weighted by Crippen LogP contribution is -2.16. The van der Waals surface area contributed by atoms with Crippen LogP contribution in [-0.2, 0) is 6.61 Å². The molecule has 0 saturated carbocycles. The maximum absolute atomic E-state index is 6.45. The minimum absolute atomic E-state index is 0.158. The molecule has 0 saturated heterocycles. The van der Waals surface area contributed by atoms with Crippen LogP contribution in [-0.4, -0.2) is 41.5 Å². The van der Waals surface area contributed by atoms with Gasteiger partial charge in [0.15, 0.2) is 23.0 Å². The predicted octanol–water partition coefficient (Wildman–Crippen LogP) is 4.89. The Hall–Kier alpha value is -5.25. The molecule has 10 heteroatoms. The fourth-order valence-electron chi connectivity index (χ4n) is 4.99. The van der Waals surface area contributed by atoms with E-state index in [4.69, 9.17) is 24.3 Å². The Morgan fingerprint density at radius 2 is 1.74 bits per heavy atom. The molecule has 0 spiro atoms. The molecule has 0 bridgehead atoms. The number of rotatable bonds is 6. The number of nitrogens with zero attached hydrogens (tertiary/aromatic N) is 7. The first-order valence-electron chi connectivity index (χ1n) is 12.4. The SMILES string of the molecule is COc1ccccc1OCc1nc2c3c(ncn2n1)Oc1c(c(C)nn1-c1ccccc1)[C@@H]3c1cccnc1. The number of aromatic nitrogens is 7. The van der Waals surface area contributed by atoms with Crippen molar-refractivity contribution in [2.45, 2.75) is 19.4 Å².